The van der Waals surface area contributed by atoms with Gasteiger partial charge in [-0.15, -0.1) is 11.8 Å². The monoisotopic (exact) mass is 265 g/mol. The number of hydrogen-bond donors (Lipinski definition) is 1. The summed E-state index contributed by atoms with van der Waals surface area (Å²) in [6.45, 7) is 5.59. The van der Waals surface area contributed by atoms with Crippen LogP contribution in [0.2, 0.25) is 0 Å². The molecule has 1 heterocycles. The van der Waals surface area contributed by atoms with Gasteiger partial charge in [0.25, 0.3) is 0 Å². The summed E-state index contributed by atoms with van der Waals surface area (Å²) in [5.74, 6) is 1.09. The number of benzene rings is 1. The van der Waals surface area contributed by atoms with Crippen LogP contribution in [0.25, 0.3) is 0 Å². The van der Waals surface area contributed by atoms with E-state index in [4.69, 9.17) is 0 Å². The Bertz CT molecular complexity index is 346. The number of hydrogen-bond acceptors (Lipinski definition) is 3. The summed E-state index contributed by atoms with van der Waals surface area (Å²) in [6.07, 6.45) is 3.17. The lowest BCUT2D eigenvalue weighted by Gasteiger charge is -2.17. The summed E-state index contributed by atoms with van der Waals surface area (Å²) in [5.41, 5.74) is 1.05. The maximum absolute atomic E-state index is 10.2. The van der Waals surface area contributed by atoms with Crippen LogP contribution in [-0.4, -0.2) is 35.4 Å². The summed E-state index contributed by atoms with van der Waals surface area (Å²) in [6, 6.07) is 8.35. The second-order valence-electron chi connectivity index (χ2n) is 4.86. The van der Waals surface area contributed by atoms with Gasteiger partial charge in [0.1, 0.15) is 0 Å². The van der Waals surface area contributed by atoms with Crippen molar-refractivity contribution in [1.82, 2.24) is 4.90 Å². The van der Waals surface area contributed by atoms with Crippen LogP contribution in [0.1, 0.15) is 37.9 Å². The van der Waals surface area contributed by atoms with Crippen molar-refractivity contribution in [3.63, 3.8) is 0 Å². The fraction of sp³-hybridized carbons (Fsp3) is 0.600. The van der Waals surface area contributed by atoms with Crippen LogP contribution in [0.5, 0.6) is 0 Å². The third kappa shape index (κ3) is 4.01. The van der Waals surface area contributed by atoms with Crippen molar-refractivity contribution in [1.29, 1.82) is 0 Å². The van der Waals surface area contributed by atoms with Gasteiger partial charge in [0.2, 0.25) is 0 Å². The Morgan fingerprint density at radius 1 is 1.22 bits per heavy atom. The molecule has 0 saturated carbocycles. The summed E-state index contributed by atoms with van der Waals surface area (Å²) in [5, 5.41) is 10.2. The smallest absolute Gasteiger partial charge is 0.0802 e. The standard InChI is InChI=1S/C15H23NOS/c1-2-18-14-7-5-13(6-8-14)15(17)9-12-16-10-3-4-11-16/h5-8,15,17H,2-4,9-12H2,1H3. The van der Waals surface area contributed by atoms with Crippen LogP contribution in [0.3, 0.4) is 0 Å². The minimum atomic E-state index is -0.314. The molecule has 1 aliphatic heterocycles. The Morgan fingerprint density at radius 2 is 1.89 bits per heavy atom. The second-order valence-corrected chi connectivity index (χ2v) is 6.19. The van der Waals surface area contributed by atoms with Crippen molar-refractivity contribution in [2.45, 2.75) is 37.2 Å². The van der Waals surface area contributed by atoms with E-state index in [2.05, 4.69) is 36.1 Å². The minimum absolute atomic E-state index is 0.314. The predicted octanol–water partition coefficient (Wildman–Crippen LogP) is 3.32. The van der Waals surface area contributed by atoms with E-state index < -0.39 is 0 Å². The van der Waals surface area contributed by atoms with Gasteiger partial charge in [-0.2, -0.15) is 0 Å². The normalized spacial score (nSPS) is 18.1. The van der Waals surface area contributed by atoms with E-state index in [1.807, 2.05) is 11.8 Å². The van der Waals surface area contributed by atoms with E-state index in [0.717, 1.165) is 24.3 Å². The third-order valence-corrected chi connectivity index (χ3v) is 4.39. The highest BCUT2D eigenvalue weighted by Gasteiger charge is 2.14. The summed E-state index contributed by atoms with van der Waals surface area (Å²) < 4.78 is 0. The van der Waals surface area contributed by atoms with E-state index >= 15 is 0 Å². The zero-order valence-electron chi connectivity index (χ0n) is 11.1. The van der Waals surface area contributed by atoms with Gasteiger partial charge < -0.3 is 10.0 Å². The van der Waals surface area contributed by atoms with Gasteiger partial charge in [0, 0.05) is 11.4 Å². The van der Waals surface area contributed by atoms with Crippen molar-refractivity contribution in [3.05, 3.63) is 29.8 Å². The maximum atomic E-state index is 10.2. The zero-order valence-corrected chi connectivity index (χ0v) is 12.0. The molecule has 1 N–H and O–H groups in total. The lowest BCUT2D eigenvalue weighted by atomic mass is 10.1. The highest BCUT2D eigenvalue weighted by Crippen LogP contribution is 2.23. The van der Waals surface area contributed by atoms with Crippen LogP contribution in [0.4, 0.5) is 0 Å². The molecular formula is C15H23NOS. The molecular weight excluding hydrogens is 242 g/mol. The number of likely N-dealkylation sites (tertiary alicyclic amines) is 1. The van der Waals surface area contributed by atoms with Gasteiger partial charge in [-0.1, -0.05) is 19.1 Å². The molecule has 0 aliphatic carbocycles. The van der Waals surface area contributed by atoms with E-state index in [1.165, 1.54) is 30.8 Å². The number of aliphatic hydroxyl groups is 1. The van der Waals surface area contributed by atoms with Gasteiger partial charge in [0.15, 0.2) is 0 Å². The van der Waals surface area contributed by atoms with Gasteiger partial charge >= 0.3 is 0 Å². The van der Waals surface area contributed by atoms with Gasteiger partial charge in [-0.25, -0.2) is 0 Å². The van der Waals surface area contributed by atoms with E-state index in [9.17, 15) is 5.11 Å². The highest BCUT2D eigenvalue weighted by molar-refractivity contribution is 7.99. The number of aliphatic hydroxyl groups excluding tert-OH is 1. The molecule has 0 bridgehead atoms. The van der Waals surface area contributed by atoms with Crippen molar-refractivity contribution < 1.29 is 5.11 Å². The summed E-state index contributed by atoms with van der Waals surface area (Å²) >= 11 is 1.84. The maximum Gasteiger partial charge on any atom is 0.0802 e. The fourth-order valence-electron chi connectivity index (χ4n) is 2.43. The van der Waals surface area contributed by atoms with Gasteiger partial charge in [0.05, 0.1) is 6.10 Å². The molecule has 1 aliphatic rings. The molecule has 1 aromatic carbocycles. The Kier molecular flexibility index (Phi) is 5.54. The van der Waals surface area contributed by atoms with Gasteiger partial charge in [-0.05, 0) is 55.8 Å². The molecule has 0 spiro atoms. The lowest BCUT2D eigenvalue weighted by Crippen LogP contribution is -2.22. The average Bonchev–Trinajstić information content (AvgIpc) is 2.90. The topological polar surface area (TPSA) is 23.5 Å². The number of thioether (sulfide) groups is 1. The average molecular weight is 265 g/mol. The molecule has 1 fully saturated rings. The highest BCUT2D eigenvalue weighted by atomic mass is 32.2. The number of rotatable bonds is 6. The first-order chi connectivity index (χ1) is 8.79. The predicted molar refractivity (Wildman–Crippen MR) is 78.1 cm³/mol. The van der Waals surface area contributed by atoms with Crippen molar-refractivity contribution in [2.24, 2.45) is 0 Å². The lowest BCUT2D eigenvalue weighted by molar-refractivity contribution is 0.149. The summed E-state index contributed by atoms with van der Waals surface area (Å²) in [4.78, 5) is 3.73. The molecule has 1 unspecified atom stereocenters. The molecule has 0 radical (unpaired) electrons. The molecule has 0 aromatic heterocycles. The van der Waals surface area contributed by atoms with Crippen molar-refractivity contribution in [3.8, 4) is 0 Å². The van der Waals surface area contributed by atoms with Crippen LogP contribution in [0, 0.1) is 0 Å². The minimum Gasteiger partial charge on any atom is -0.388 e. The van der Waals surface area contributed by atoms with Crippen molar-refractivity contribution in [2.75, 3.05) is 25.4 Å². The number of nitrogens with zero attached hydrogens (tertiary/aromatic N) is 1. The zero-order chi connectivity index (χ0) is 12.8. The molecule has 100 valence electrons. The largest absolute Gasteiger partial charge is 0.388 e. The Hall–Kier alpha value is -0.510. The Labute approximate surface area is 114 Å². The molecule has 1 aromatic rings. The van der Waals surface area contributed by atoms with E-state index in [1.54, 1.807) is 0 Å². The SMILES string of the molecule is CCSc1ccc(C(O)CCN2CCCC2)cc1. The van der Waals surface area contributed by atoms with Gasteiger partial charge in [-0.3, -0.25) is 0 Å². The van der Waals surface area contributed by atoms with Crippen LogP contribution in [0.15, 0.2) is 29.2 Å². The first-order valence-electron chi connectivity index (χ1n) is 6.93. The van der Waals surface area contributed by atoms with E-state index in [0.29, 0.717) is 0 Å². The molecule has 18 heavy (non-hydrogen) atoms. The van der Waals surface area contributed by atoms with E-state index in [-0.39, 0.29) is 6.10 Å². The van der Waals surface area contributed by atoms with Crippen LogP contribution in [-0.2, 0) is 0 Å². The second kappa shape index (κ2) is 7.17. The quantitative estimate of drug-likeness (QED) is 0.798. The first-order valence-corrected chi connectivity index (χ1v) is 7.91. The molecule has 0 amide bonds. The first kappa shape index (κ1) is 13.9. The van der Waals surface area contributed by atoms with Crippen molar-refractivity contribution >= 4 is 11.8 Å². The molecule has 3 heteroatoms. The molecule has 2 nitrogen and oxygen atoms in total. The fourth-order valence-corrected chi connectivity index (χ4v) is 3.09. The Balaban J connectivity index is 1.81. The van der Waals surface area contributed by atoms with Crippen LogP contribution >= 0.6 is 11.8 Å². The molecule has 2 rings (SSSR count). The third-order valence-electron chi connectivity index (χ3n) is 3.49. The molecule has 1 atom stereocenters. The summed E-state index contributed by atoms with van der Waals surface area (Å²) in [7, 11) is 0. The Morgan fingerprint density at radius 3 is 2.50 bits per heavy atom. The van der Waals surface area contributed by atoms with Crippen LogP contribution < -0.4 is 0 Å². The molecule has 1 saturated heterocycles.